The van der Waals surface area contributed by atoms with Crippen LogP contribution < -0.4 is 9.47 Å². The number of carbonyl (C=O) groups excluding carboxylic acids is 3. The number of allylic oxidation sites excluding steroid dienone is 1. The largest absolute Gasteiger partial charge is 0.493 e. The molecule has 0 aromatic heterocycles. The zero-order chi connectivity index (χ0) is 26.5. The number of nitrogens with zero attached hydrogens (tertiary/aromatic N) is 1. The maximum absolute atomic E-state index is 13.3. The van der Waals surface area contributed by atoms with Crippen LogP contribution in [0.5, 0.6) is 11.5 Å². The lowest BCUT2D eigenvalue weighted by Gasteiger charge is -2.59. The van der Waals surface area contributed by atoms with Gasteiger partial charge in [0.15, 0.2) is 23.0 Å². The molecule has 1 heterocycles. The standard InChI is InChI=1S/C28H28BrNO6S/c1-15(31)35-22-10-9-19-24(26(22)36-16(2)32)28-11-12-30(3)25(20(28)13-23(34-4)21(33)14-28)27(19)37-18-7-5-17(29)6-8-18/h5-10,13,20,25,27H,11-12,14H2,1-4H3/t20-,25-,27-,28-/m1/s1. The van der Waals surface area contributed by atoms with Gasteiger partial charge in [0.1, 0.15) is 0 Å². The fraction of sp³-hybridized carbons (Fsp3) is 0.393. The zero-order valence-electron chi connectivity index (χ0n) is 21.1. The van der Waals surface area contributed by atoms with E-state index < -0.39 is 17.4 Å². The lowest BCUT2D eigenvalue weighted by atomic mass is 9.53. The van der Waals surface area contributed by atoms with Crippen LogP contribution in [0.25, 0.3) is 0 Å². The van der Waals surface area contributed by atoms with Gasteiger partial charge in [-0.2, -0.15) is 0 Å². The van der Waals surface area contributed by atoms with Crippen LogP contribution in [-0.4, -0.2) is 49.4 Å². The third-order valence-electron chi connectivity index (χ3n) is 7.57. The third kappa shape index (κ3) is 4.51. The highest BCUT2D eigenvalue weighted by atomic mass is 79.9. The normalized spacial score (nSPS) is 26.5. The molecule has 1 aliphatic heterocycles. The molecule has 37 heavy (non-hydrogen) atoms. The summed E-state index contributed by atoms with van der Waals surface area (Å²) < 4.78 is 17.8. The first kappa shape index (κ1) is 26.0. The Morgan fingerprint density at radius 3 is 2.43 bits per heavy atom. The Kier molecular flexibility index (Phi) is 6.98. The molecule has 3 aliphatic rings. The molecule has 9 heteroatoms. The van der Waals surface area contributed by atoms with Gasteiger partial charge < -0.3 is 19.1 Å². The summed E-state index contributed by atoms with van der Waals surface area (Å²) in [5.74, 6) is -0.412. The lowest BCUT2D eigenvalue weighted by molar-refractivity contribution is -0.134. The van der Waals surface area contributed by atoms with Crippen molar-refractivity contribution in [3.05, 3.63) is 63.8 Å². The van der Waals surface area contributed by atoms with Gasteiger partial charge in [-0.15, -0.1) is 11.8 Å². The van der Waals surface area contributed by atoms with Gasteiger partial charge >= 0.3 is 11.9 Å². The summed E-state index contributed by atoms with van der Waals surface area (Å²) in [5, 5.41) is -0.0529. The number of Topliss-reactive ketones (excluding diaryl/α,β-unsaturated/α-hetero) is 1. The molecule has 194 valence electrons. The Bertz CT molecular complexity index is 1310. The average molecular weight is 587 g/mol. The molecule has 2 aromatic carbocycles. The number of likely N-dealkylation sites (N-methyl/N-ethyl adjacent to an activating group) is 1. The van der Waals surface area contributed by atoms with Gasteiger partial charge in [0.25, 0.3) is 0 Å². The van der Waals surface area contributed by atoms with Crippen LogP contribution in [0, 0.1) is 5.92 Å². The van der Waals surface area contributed by atoms with Crippen LogP contribution in [-0.2, 0) is 24.5 Å². The first-order valence-corrected chi connectivity index (χ1v) is 13.8. The van der Waals surface area contributed by atoms with E-state index in [2.05, 4.69) is 40.0 Å². The number of ether oxygens (including phenoxy) is 3. The maximum atomic E-state index is 13.3. The monoisotopic (exact) mass is 585 g/mol. The Balaban J connectivity index is 1.79. The van der Waals surface area contributed by atoms with E-state index in [9.17, 15) is 14.4 Å². The van der Waals surface area contributed by atoms with Crippen LogP contribution in [0.15, 0.2) is 57.6 Å². The molecule has 1 fully saturated rings. The van der Waals surface area contributed by atoms with Crippen molar-refractivity contribution in [2.75, 3.05) is 20.7 Å². The van der Waals surface area contributed by atoms with Crippen molar-refractivity contribution in [3.8, 4) is 11.5 Å². The highest BCUT2D eigenvalue weighted by Gasteiger charge is 2.60. The van der Waals surface area contributed by atoms with Gasteiger partial charge in [-0.1, -0.05) is 22.0 Å². The number of methoxy groups -OCH3 is 1. The van der Waals surface area contributed by atoms with E-state index in [1.807, 2.05) is 24.3 Å². The smallest absolute Gasteiger partial charge is 0.308 e. The van der Waals surface area contributed by atoms with Crippen LogP contribution in [0.4, 0.5) is 0 Å². The minimum absolute atomic E-state index is 0.0529. The minimum Gasteiger partial charge on any atom is -0.493 e. The Labute approximate surface area is 228 Å². The minimum atomic E-state index is -0.622. The molecule has 0 radical (unpaired) electrons. The van der Waals surface area contributed by atoms with Gasteiger partial charge in [0, 0.05) is 52.6 Å². The van der Waals surface area contributed by atoms with Gasteiger partial charge in [0.05, 0.1) is 12.4 Å². The molecular formula is C28H28BrNO6S. The Morgan fingerprint density at radius 2 is 1.78 bits per heavy atom. The van der Waals surface area contributed by atoms with Gasteiger partial charge in [0.2, 0.25) is 0 Å². The Morgan fingerprint density at radius 1 is 1.08 bits per heavy atom. The van der Waals surface area contributed by atoms with E-state index in [1.54, 1.807) is 17.8 Å². The van der Waals surface area contributed by atoms with Crippen molar-refractivity contribution in [2.45, 2.75) is 48.3 Å². The van der Waals surface area contributed by atoms with Gasteiger partial charge in [-0.3, -0.25) is 14.4 Å². The lowest BCUT2D eigenvalue weighted by Crippen LogP contribution is -2.61. The number of esters is 2. The molecule has 0 amide bonds. The molecule has 2 aliphatic carbocycles. The van der Waals surface area contributed by atoms with E-state index in [0.29, 0.717) is 12.2 Å². The molecule has 0 unspecified atom stereocenters. The number of benzene rings is 2. The summed E-state index contributed by atoms with van der Waals surface area (Å²) >= 11 is 5.24. The maximum Gasteiger partial charge on any atom is 0.308 e. The molecule has 5 rings (SSSR count). The summed E-state index contributed by atoms with van der Waals surface area (Å²) in [5.41, 5.74) is 1.14. The second-order valence-electron chi connectivity index (χ2n) is 9.77. The van der Waals surface area contributed by atoms with Crippen molar-refractivity contribution in [1.82, 2.24) is 4.90 Å². The van der Waals surface area contributed by atoms with E-state index >= 15 is 0 Å². The number of thioether (sulfide) groups is 1. The molecule has 0 spiro atoms. The third-order valence-corrected chi connectivity index (χ3v) is 9.43. The van der Waals surface area contributed by atoms with Crippen molar-refractivity contribution in [1.29, 1.82) is 0 Å². The summed E-state index contributed by atoms with van der Waals surface area (Å²) in [6.45, 7) is 3.40. The first-order chi connectivity index (χ1) is 17.6. The number of likely N-dealkylation sites (tertiary alicyclic amines) is 1. The van der Waals surface area contributed by atoms with Crippen molar-refractivity contribution < 1.29 is 28.6 Å². The second-order valence-corrected chi connectivity index (χ2v) is 11.9. The molecule has 0 N–H and O–H groups in total. The van der Waals surface area contributed by atoms with E-state index in [4.69, 9.17) is 14.2 Å². The van der Waals surface area contributed by atoms with Crippen LogP contribution in [0.3, 0.4) is 0 Å². The number of hydrogen-bond acceptors (Lipinski definition) is 8. The fourth-order valence-corrected chi connectivity index (χ4v) is 7.85. The molecule has 2 bridgehead atoms. The summed E-state index contributed by atoms with van der Waals surface area (Å²) in [4.78, 5) is 41.0. The van der Waals surface area contributed by atoms with E-state index in [1.165, 1.54) is 21.0 Å². The quantitative estimate of drug-likeness (QED) is 0.349. The first-order valence-electron chi connectivity index (χ1n) is 12.1. The Hall–Kier alpha value is -2.62. The zero-order valence-corrected chi connectivity index (χ0v) is 23.5. The molecule has 2 aromatic rings. The van der Waals surface area contributed by atoms with Crippen LogP contribution >= 0.6 is 27.7 Å². The molecule has 4 atom stereocenters. The molecule has 7 nitrogen and oxygen atoms in total. The fourth-order valence-electron chi connectivity index (χ4n) is 6.15. The molecular weight excluding hydrogens is 558 g/mol. The highest BCUT2D eigenvalue weighted by molar-refractivity contribution is 9.10. The number of halogens is 1. The summed E-state index contributed by atoms with van der Waals surface area (Å²) in [6.07, 6.45) is 2.87. The van der Waals surface area contributed by atoms with E-state index in [-0.39, 0.29) is 40.9 Å². The number of carbonyl (C=O) groups is 3. The van der Waals surface area contributed by atoms with Crippen LogP contribution in [0.2, 0.25) is 0 Å². The SMILES string of the molecule is COC1=C[C@@H]2[C@@H]3[C@H](Sc4ccc(Br)cc4)c4ccc(OC(C)=O)c(OC(C)=O)c4[C@]2(CCN3C)CC1=O. The molecule has 0 saturated carbocycles. The molecule has 1 saturated heterocycles. The van der Waals surface area contributed by atoms with E-state index in [0.717, 1.165) is 27.0 Å². The predicted octanol–water partition coefficient (Wildman–Crippen LogP) is 5.21. The summed E-state index contributed by atoms with van der Waals surface area (Å²) in [7, 11) is 3.64. The van der Waals surface area contributed by atoms with Gasteiger partial charge in [-0.25, -0.2) is 0 Å². The number of hydrogen-bond donors (Lipinski definition) is 0. The topological polar surface area (TPSA) is 82.1 Å². The summed E-state index contributed by atoms with van der Waals surface area (Å²) in [6, 6.07) is 11.9. The highest BCUT2D eigenvalue weighted by Crippen LogP contribution is 2.63. The number of ketones is 1. The average Bonchev–Trinajstić information content (AvgIpc) is 2.84. The van der Waals surface area contributed by atoms with Crippen LogP contribution in [0.1, 0.15) is 43.1 Å². The van der Waals surface area contributed by atoms with Crippen molar-refractivity contribution in [2.24, 2.45) is 5.92 Å². The van der Waals surface area contributed by atoms with Crippen molar-refractivity contribution >= 4 is 45.4 Å². The number of piperidine rings is 1. The van der Waals surface area contributed by atoms with Gasteiger partial charge in [-0.05, 0) is 62.0 Å². The van der Waals surface area contributed by atoms with Crippen molar-refractivity contribution in [3.63, 3.8) is 0 Å². The predicted molar refractivity (Wildman–Crippen MR) is 143 cm³/mol. The second kappa shape index (κ2) is 9.93. The number of fused-ring (bicyclic) bond motifs is 1. The number of rotatable bonds is 5.